The number of rotatable bonds is 3. The number of fused-ring (bicyclic) bond motifs is 1. The molecule has 0 atom stereocenters. The number of hydrogen-bond acceptors (Lipinski definition) is 3. The molecule has 0 bridgehead atoms. The van der Waals surface area contributed by atoms with Gasteiger partial charge in [-0.05, 0) is 17.5 Å². The summed E-state index contributed by atoms with van der Waals surface area (Å²) < 4.78 is 25.4. The van der Waals surface area contributed by atoms with E-state index >= 15 is 0 Å². The van der Waals surface area contributed by atoms with E-state index in [4.69, 9.17) is 0 Å². The quantitative estimate of drug-likeness (QED) is 0.614. The number of halogens is 1. The molecule has 3 nitrogen and oxygen atoms in total. The summed E-state index contributed by atoms with van der Waals surface area (Å²) in [6.45, 7) is 0. The molecule has 0 fully saturated rings. The maximum atomic E-state index is 12.1. The van der Waals surface area contributed by atoms with Gasteiger partial charge in [0, 0.05) is 25.2 Å². The molecule has 1 radical (unpaired) electrons. The second kappa shape index (κ2) is 5.09. The molecule has 0 spiro atoms. The molecule has 0 heterocycles. The van der Waals surface area contributed by atoms with Crippen LogP contribution in [0.1, 0.15) is 0 Å². The maximum Gasteiger partial charge on any atom is 0.368 e. The van der Waals surface area contributed by atoms with E-state index in [1.54, 1.807) is 34.5 Å². The zero-order valence-electron chi connectivity index (χ0n) is 10.1. The van der Waals surface area contributed by atoms with Crippen LogP contribution in [-0.4, -0.2) is 26.9 Å². The van der Waals surface area contributed by atoms with E-state index in [1.807, 2.05) is 43.3 Å². The van der Waals surface area contributed by atoms with Gasteiger partial charge in [0.15, 0.2) is 0 Å². The molecule has 93 valence electrons. The van der Waals surface area contributed by atoms with Crippen LogP contribution in [0.2, 0.25) is 0 Å². The Morgan fingerprint density at radius 1 is 1.11 bits per heavy atom. The maximum absolute atomic E-state index is 12.1. The average Bonchev–Trinajstić information content (AvgIpc) is 2.37. The van der Waals surface area contributed by atoms with Crippen LogP contribution in [0.25, 0.3) is 10.8 Å². The second-order valence-corrected chi connectivity index (χ2v) is 7.39. The van der Waals surface area contributed by atoms with Gasteiger partial charge < -0.3 is 4.90 Å². The van der Waals surface area contributed by atoms with E-state index in [0.717, 1.165) is 16.5 Å². The van der Waals surface area contributed by atoms with E-state index in [-0.39, 0.29) is 0 Å². The summed E-state index contributed by atoms with van der Waals surface area (Å²) in [7, 11) is 0.472. The summed E-state index contributed by atoms with van der Waals surface area (Å²) in [5.41, 5.74) is 0.907. The first-order chi connectivity index (χ1) is 8.47. The molecule has 0 N–H and O–H groups in total. The molecule has 6 heteroatoms. The third kappa shape index (κ3) is 2.35. The molecule has 2 rings (SSSR count). The molecule has 0 saturated heterocycles. The van der Waals surface area contributed by atoms with Gasteiger partial charge in [0.25, 0.3) is 0 Å². The first-order valence-electron chi connectivity index (χ1n) is 5.35. The Balaban J connectivity index is 2.91. The summed E-state index contributed by atoms with van der Waals surface area (Å²) in [6.07, 6.45) is 0. The van der Waals surface area contributed by atoms with Gasteiger partial charge >= 0.3 is 4.41 Å². The van der Waals surface area contributed by atoms with Gasteiger partial charge in [-0.25, -0.2) is 8.42 Å². The topological polar surface area (TPSA) is 37.4 Å². The van der Waals surface area contributed by atoms with Crippen LogP contribution in [0.15, 0.2) is 41.3 Å². The van der Waals surface area contributed by atoms with Gasteiger partial charge in [-0.15, -0.1) is 22.4 Å². The predicted molar refractivity (Wildman–Crippen MR) is 85.2 cm³/mol. The lowest BCUT2D eigenvalue weighted by molar-refractivity contribution is 0.610. The number of benzene rings is 2. The van der Waals surface area contributed by atoms with Crippen molar-refractivity contribution in [3.05, 3.63) is 36.4 Å². The summed E-state index contributed by atoms with van der Waals surface area (Å²) >= 11 is 1.77. The van der Waals surface area contributed by atoms with Gasteiger partial charge in [0.05, 0.1) is 4.90 Å². The SMILES string of the molecule is CN(C)c1cccc2cccc(S(=O)(=O)[B]I)c12. The van der Waals surface area contributed by atoms with Crippen LogP contribution >= 0.6 is 22.4 Å². The summed E-state index contributed by atoms with van der Waals surface area (Å²) in [6, 6.07) is 11.1. The van der Waals surface area contributed by atoms with Crippen molar-refractivity contribution in [3.63, 3.8) is 0 Å². The van der Waals surface area contributed by atoms with Gasteiger partial charge in [-0.3, -0.25) is 0 Å². The monoisotopic (exact) mass is 372 g/mol. The predicted octanol–water partition coefficient (Wildman–Crippen LogP) is 2.65. The highest BCUT2D eigenvalue weighted by atomic mass is 127. The Bertz CT molecular complexity index is 680. The van der Waals surface area contributed by atoms with E-state index in [2.05, 4.69) is 0 Å². The highest BCUT2D eigenvalue weighted by Gasteiger charge is 2.19. The molecule has 2 aromatic carbocycles. The lowest BCUT2D eigenvalue weighted by Crippen LogP contribution is -2.12. The summed E-state index contributed by atoms with van der Waals surface area (Å²) in [5, 5.41) is 1.71. The van der Waals surface area contributed by atoms with Crippen molar-refractivity contribution >= 4 is 52.9 Å². The molecule has 0 unspecified atom stereocenters. The zero-order chi connectivity index (χ0) is 13.3. The van der Waals surface area contributed by atoms with Crippen LogP contribution in [-0.2, 0) is 9.69 Å². The minimum Gasteiger partial charge on any atom is -0.377 e. The fourth-order valence-corrected chi connectivity index (χ4v) is 3.64. The minimum atomic E-state index is -3.35. The van der Waals surface area contributed by atoms with Crippen molar-refractivity contribution in [2.45, 2.75) is 4.90 Å². The van der Waals surface area contributed by atoms with Gasteiger partial charge in [0.2, 0.25) is 0 Å². The number of anilines is 1. The van der Waals surface area contributed by atoms with E-state index < -0.39 is 9.69 Å². The third-order valence-electron chi connectivity index (χ3n) is 2.75. The summed E-state index contributed by atoms with van der Waals surface area (Å²) in [5.74, 6) is 0. The van der Waals surface area contributed by atoms with Crippen molar-refractivity contribution in [2.24, 2.45) is 0 Å². The van der Waals surface area contributed by atoms with Crippen molar-refractivity contribution in [2.75, 3.05) is 19.0 Å². The molecule has 0 aliphatic carbocycles. The molecule has 18 heavy (non-hydrogen) atoms. The molecule has 0 aliphatic rings. The van der Waals surface area contributed by atoms with Crippen molar-refractivity contribution in [1.82, 2.24) is 0 Å². The van der Waals surface area contributed by atoms with Crippen LogP contribution in [0.5, 0.6) is 0 Å². The zero-order valence-corrected chi connectivity index (χ0v) is 13.1. The van der Waals surface area contributed by atoms with Crippen LogP contribution < -0.4 is 4.90 Å². The van der Waals surface area contributed by atoms with Gasteiger partial charge in [0.1, 0.15) is 9.69 Å². The molecular formula is C12H12BINO2S. The van der Waals surface area contributed by atoms with Gasteiger partial charge in [-0.2, -0.15) is 0 Å². The fraction of sp³-hybridized carbons (Fsp3) is 0.167. The molecule has 0 aromatic heterocycles. The Morgan fingerprint density at radius 3 is 2.28 bits per heavy atom. The molecule has 0 saturated carbocycles. The minimum absolute atomic E-state index is 0.360. The first-order valence-corrected chi connectivity index (χ1v) is 8.14. The van der Waals surface area contributed by atoms with Crippen LogP contribution in [0.3, 0.4) is 0 Å². The molecular weight excluding hydrogens is 360 g/mol. The highest BCUT2D eigenvalue weighted by molar-refractivity contribution is 14.1. The third-order valence-corrected chi connectivity index (χ3v) is 5.95. The van der Waals surface area contributed by atoms with Crippen LogP contribution in [0, 0.1) is 0 Å². The largest absolute Gasteiger partial charge is 0.377 e. The van der Waals surface area contributed by atoms with E-state index in [0.29, 0.717) is 4.90 Å². The second-order valence-electron chi connectivity index (χ2n) is 4.16. The van der Waals surface area contributed by atoms with Crippen molar-refractivity contribution in [1.29, 1.82) is 0 Å². The van der Waals surface area contributed by atoms with Crippen molar-refractivity contribution < 1.29 is 8.42 Å². The molecule has 0 aliphatic heterocycles. The lowest BCUT2D eigenvalue weighted by atomic mass is 10.1. The average molecular weight is 372 g/mol. The van der Waals surface area contributed by atoms with Crippen LogP contribution in [0.4, 0.5) is 5.69 Å². The lowest BCUT2D eigenvalue weighted by Gasteiger charge is -2.17. The van der Waals surface area contributed by atoms with Crippen molar-refractivity contribution in [3.8, 4) is 0 Å². The Morgan fingerprint density at radius 2 is 1.72 bits per heavy atom. The van der Waals surface area contributed by atoms with Gasteiger partial charge in [-0.1, -0.05) is 24.3 Å². The molecule has 2 aromatic rings. The number of hydrogen-bond donors (Lipinski definition) is 0. The van der Waals surface area contributed by atoms with E-state index in [9.17, 15) is 8.42 Å². The normalized spacial score (nSPS) is 11.5. The Hall–Kier alpha value is -0.755. The first kappa shape index (κ1) is 13.7. The number of nitrogens with zero attached hydrogens (tertiary/aromatic N) is 1. The Kier molecular flexibility index (Phi) is 3.86. The fourth-order valence-electron chi connectivity index (χ4n) is 1.95. The highest BCUT2D eigenvalue weighted by Crippen LogP contribution is 2.32. The summed E-state index contributed by atoms with van der Waals surface area (Å²) in [4.78, 5) is 2.29. The molecule has 0 amide bonds. The standard InChI is InChI=1S/C12H12BINO2S/c1-15(2)10-7-3-5-9-6-4-8-11(12(9)10)18(16,17)13-14/h3-8H,1-2H3. The van der Waals surface area contributed by atoms with E-state index in [1.165, 1.54) is 4.41 Å². The Labute approximate surface area is 121 Å². The smallest absolute Gasteiger partial charge is 0.368 e.